The number of carbonyl (C=O) groups is 1. The van der Waals surface area contributed by atoms with Crippen molar-refractivity contribution in [1.29, 1.82) is 0 Å². The average molecular weight is 545 g/mol. The molecule has 2 heteroatoms. The Hall–Kier alpha value is -1.31. The molecule has 0 bridgehead atoms. The van der Waals surface area contributed by atoms with Gasteiger partial charge in [-0.1, -0.05) is 198 Å². The lowest BCUT2D eigenvalue weighted by Crippen LogP contribution is -2.02. The van der Waals surface area contributed by atoms with Gasteiger partial charge in [-0.15, -0.1) is 0 Å². The minimum Gasteiger partial charge on any atom is -0.463 e. The van der Waals surface area contributed by atoms with Crippen LogP contribution in [-0.2, 0) is 9.53 Å². The van der Waals surface area contributed by atoms with Crippen LogP contribution in [0.4, 0.5) is 0 Å². The molecule has 0 aromatic carbocycles. The summed E-state index contributed by atoms with van der Waals surface area (Å²) in [5.74, 6) is -0.227. The van der Waals surface area contributed by atoms with Crippen molar-refractivity contribution < 1.29 is 9.53 Å². The summed E-state index contributed by atoms with van der Waals surface area (Å²) in [7, 11) is 0. The van der Waals surface area contributed by atoms with Gasteiger partial charge < -0.3 is 4.74 Å². The Morgan fingerprint density at radius 2 is 0.795 bits per heavy atom. The molecule has 0 aliphatic rings. The standard InChI is InChI=1S/C37H68O2/c1-3-5-7-9-11-13-15-17-19-20-21-23-25-27-29-31-33-35-37(38)39-36-34-32-30-28-26-24-22-18-16-14-12-10-8-6-4-2/h25,27,29,31,33,35H,3-24,26,28,30,32,34,36H2,1-2H3. The lowest BCUT2D eigenvalue weighted by molar-refractivity contribution is -0.137. The molecule has 0 spiro atoms. The van der Waals surface area contributed by atoms with Crippen molar-refractivity contribution in [3.63, 3.8) is 0 Å². The molecule has 0 fully saturated rings. The van der Waals surface area contributed by atoms with E-state index in [9.17, 15) is 4.79 Å². The topological polar surface area (TPSA) is 26.3 Å². The van der Waals surface area contributed by atoms with Crippen molar-refractivity contribution in [2.75, 3.05) is 6.61 Å². The number of carbonyl (C=O) groups excluding carboxylic acids is 1. The van der Waals surface area contributed by atoms with Gasteiger partial charge in [0.15, 0.2) is 0 Å². The molecule has 228 valence electrons. The van der Waals surface area contributed by atoms with Crippen LogP contribution in [0.5, 0.6) is 0 Å². The third-order valence-electron chi connectivity index (χ3n) is 7.67. The predicted octanol–water partition coefficient (Wildman–Crippen LogP) is 12.8. The number of rotatable bonds is 31. The average Bonchev–Trinajstić information content (AvgIpc) is 2.94. The van der Waals surface area contributed by atoms with E-state index < -0.39 is 0 Å². The van der Waals surface area contributed by atoms with Crippen molar-refractivity contribution in [3.8, 4) is 0 Å². The summed E-state index contributed by atoms with van der Waals surface area (Å²) in [5, 5.41) is 0. The fraction of sp³-hybridized carbons (Fsp3) is 0.811. The van der Waals surface area contributed by atoms with E-state index in [1.54, 1.807) is 6.08 Å². The number of allylic oxidation sites excluding steroid dienone is 5. The number of unbranched alkanes of at least 4 members (excludes halogenated alkanes) is 25. The number of hydrogen-bond donors (Lipinski definition) is 0. The Labute approximate surface area is 245 Å². The first-order chi connectivity index (χ1) is 19.3. The van der Waals surface area contributed by atoms with Gasteiger partial charge in [-0.25, -0.2) is 4.79 Å². The molecule has 0 unspecified atom stereocenters. The van der Waals surface area contributed by atoms with Gasteiger partial charge in [0.1, 0.15) is 0 Å². The van der Waals surface area contributed by atoms with Crippen LogP contribution in [0.3, 0.4) is 0 Å². The van der Waals surface area contributed by atoms with Crippen LogP contribution < -0.4 is 0 Å². The largest absolute Gasteiger partial charge is 0.463 e. The predicted molar refractivity (Wildman–Crippen MR) is 174 cm³/mol. The molecule has 0 aliphatic heterocycles. The molecule has 0 atom stereocenters. The van der Waals surface area contributed by atoms with Gasteiger partial charge in [0.25, 0.3) is 0 Å². The molecular formula is C37H68O2. The fourth-order valence-electron chi connectivity index (χ4n) is 5.06. The monoisotopic (exact) mass is 545 g/mol. The summed E-state index contributed by atoms with van der Waals surface area (Å²) in [6, 6.07) is 0. The van der Waals surface area contributed by atoms with E-state index in [0.29, 0.717) is 6.61 Å². The summed E-state index contributed by atoms with van der Waals surface area (Å²) in [4.78, 5) is 11.8. The Bertz CT molecular complexity index is 560. The van der Waals surface area contributed by atoms with Crippen LogP contribution in [0.1, 0.15) is 187 Å². The first kappa shape index (κ1) is 37.7. The van der Waals surface area contributed by atoms with E-state index in [-0.39, 0.29) is 5.97 Å². The van der Waals surface area contributed by atoms with Gasteiger partial charge in [0.2, 0.25) is 0 Å². The van der Waals surface area contributed by atoms with E-state index in [2.05, 4.69) is 26.0 Å². The van der Waals surface area contributed by atoms with E-state index >= 15 is 0 Å². The van der Waals surface area contributed by atoms with E-state index in [1.165, 1.54) is 167 Å². The van der Waals surface area contributed by atoms with Crippen LogP contribution >= 0.6 is 0 Å². The molecule has 0 saturated heterocycles. The van der Waals surface area contributed by atoms with E-state index in [4.69, 9.17) is 4.74 Å². The van der Waals surface area contributed by atoms with Gasteiger partial charge in [-0.3, -0.25) is 0 Å². The highest BCUT2D eigenvalue weighted by atomic mass is 16.5. The summed E-state index contributed by atoms with van der Waals surface area (Å²) in [6.07, 6.45) is 48.2. The first-order valence-electron chi connectivity index (χ1n) is 17.5. The molecular weight excluding hydrogens is 476 g/mol. The minimum atomic E-state index is -0.227. The molecule has 0 amide bonds. The van der Waals surface area contributed by atoms with E-state index in [1.807, 2.05) is 12.2 Å². The zero-order chi connectivity index (χ0) is 28.3. The summed E-state index contributed by atoms with van der Waals surface area (Å²) in [5.41, 5.74) is 0. The van der Waals surface area contributed by atoms with Gasteiger partial charge in [-0.05, 0) is 19.3 Å². The molecule has 0 aliphatic carbocycles. The number of ether oxygens (including phenoxy) is 1. The Morgan fingerprint density at radius 3 is 1.23 bits per heavy atom. The summed E-state index contributed by atoms with van der Waals surface area (Å²) in [6.45, 7) is 5.11. The Morgan fingerprint density at radius 1 is 0.436 bits per heavy atom. The summed E-state index contributed by atoms with van der Waals surface area (Å²) >= 11 is 0. The second kappa shape index (κ2) is 34.7. The normalized spacial score (nSPS) is 11.9. The quantitative estimate of drug-likeness (QED) is 0.0375. The second-order valence-electron chi connectivity index (χ2n) is 11.6. The maximum absolute atomic E-state index is 11.8. The van der Waals surface area contributed by atoms with Crippen LogP contribution in [0, 0.1) is 0 Å². The highest BCUT2D eigenvalue weighted by Crippen LogP contribution is 2.14. The lowest BCUT2D eigenvalue weighted by atomic mass is 10.0. The van der Waals surface area contributed by atoms with Crippen LogP contribution in [-0.4, -0.2) is 12.6 Å². The van der Waals surface area contributed by atoms with Crippen LogP contribution in [0.2, 0.25) is 0 Å². The molecule has 0 heterocycles. The first-order valence-corrected chi connectivity index (χ1v) is 17.5. The lowest BCUT2D eigenvalue weighted by Gasteiger charge is -2.04. The van der Waals surface area contributed by atoms with Crippen LogP contribution in [0.15, 0.2) is 36.5 Å². The highest BCUT2D eigenvalue weighted by molar-refractivity contribution is 5.82. The fourth-order valence-corrected chi connectivity index (χ4v) is 5.06. The van der Waals surface area contributed by atoms with Gasteiger partial charge >= 0.3 is 5.97 Å². The van der Waals surface area contributed by atoms with Crippen molar-refractivity contribution in [2.24, 2.45) is 0 Å². The zero-order valence-corrected chi connectivity index (χ0v) is 26.6. The minimum absolute atomic E-state index is 0.227. The highest BCUT2D eigenvalue weighted by Gasteiger charge is 1.97. The third-order valence-corrected chi connectivity index (χ3v) is 7.67. The van der Waals surface area contributed by atoms with Crippen molar-refractivity contribution in [1.82, 2.24) is 0 Å². The number of esters is 1. The van der Waals surface area contributed by atoms with E-state index in [0.717, 1.165) is 12.8 Å². The SMILES string of the molecule is CCCCCCCCCCCCCC=CC=CC=CC(=O)OCCCCCCCCCCCCCCCCC. The van der Waals surface area contributed by atoms with Crippen LogP contribution in [0.25, 0.3) is 0 Å². The molecule has 0 N–H and O–H groups in total. The molecule has 0 rings (SSSR count). The molecule has 0 aromatic heterocycles. The molecule has 0 radical (unpaired) electrons. The van der Waals surface area contributed by atoms with Gasteiger partial charge in [0.05, 0.1) is 6.61 Å². The van der Waals surface area contributed by atoms with Crippen molar-refractivity contribution in [3.05, 3.63) is 36.5 Å². The Balaban J connectivity index is 3.35. The maximum Gasteiger partial charge on any atom is 0.330 e. The molecule has 0 saturated carbocycles. The second-order valence-corrected chi connectivity index (χ2v) is 11.6. The van der Waals surface area contributed by atoms with Gasteiger partial charge in [-0.2, -0.15) is 0 Å². The van der Waals surface area contributed by atoms with Gasteiger partial charge in [0, 0.05) is 6.08 Å². The molecule has 39 heavy (non-hydrogen) atoms. The summed E-state index contributed by atoms with van der Waals surface area (Å²) < 4.78 is 5.31. The van der Waals surface area contributed by atoms with Crippen molar-refractivity contribution in [2.45, 2.75) is 187 Å². The molecule has 0 aromatic rings. The maximum atomic E-state index is 11.8. The number of hydrogen-bond acceptors (Lipinski definition) is 2. The van der Waals surface area contributed by atoms with Crippen molar-refractivity contribution >= 4 is 5.97 Å². The zero-order valence-electron chi connectivity index (χ0n) is 26.6. The molecule has 2 nitrogen and oxygen atoms in total. The Kier molecular flexibility index (Phi) is 33.6. The smallest absolute Gasteiger partial charge is 0.330 e. The third kappa shape index (κ3) is 34.7.